The van der Waals surface area contributed by atoms with Crippen LogP contribution < -0.4 is 21.3 Å². The van der Waals surface area contributed by atoms with Gasteiger partial charge in [0.25, 0.3) is 11.8 Å². The van der Waals surface area contributed by atoms with Crippen LogP contribution in [-0.2, 0) is 14.4 Å². The zero-order chi connectivity index (χ0) is 27.9. The smallest absolute Gasteiger partial charge is 0.266 e. The van der Waals surface area contributed by atoms with E-state index in [0.717, 1.165) is 4.90 Å². The molecule has 3 rings (SSSR count). The maximum atomic E-state index is 14.0. The fourth-order valence-corrected chi connectivity index (χ4v) is 4.88. The van der Waals surface area contributed by atoms with Crippen molar-refractivity contribution < 1.29 is 28.0 Å². The van der Waals surface area contributed by atoms with E-state index in [9.17, 15) is 28.0 Å². The molecule has 1 fully saturated rings. The van der Waals surface area contributed by atoms with E-state index in [1.165, 1.54) is 28.9 Å². The van der Waals surface area contributed by atoms with E-state index in [1.54, 1.807) is 31.5 Å². The molecule has 1 aromatic carbocycles. The number of hydrogen-bond acceptors (Lipinski definition) is 7. The van der Waals surface area contributed by atoms with Gasteiger partial charge in [-0.05, 0) is 30.5 Å². The van der Waals surface area contributed by atoms with Crippen molar-refractivity contribution in [2.24, 2.45) is 5.73 Å². The first kappa shape index (κ1) is 29.2. The van der Waals surface area contributed by atoms with Gasteiger partial charge in [0, 0.05) is 68.5 Å². The average molecular weight is 551 g/mol. The Morgan fingerprint density at radius 1 is 1.21 bits per heavy atom. The standard InChI is InChI=1S/C25H32F2N6O4S/c1-32(22(35)6-5-21(34)30-10-8-28)16-3-4-20-19(11-16)18(7-9-29-20)24(37)31-13-23(36)33-14-17(38-2)12-25(26,27)15-33/h3-4,7,9,11,17H,5-6,8,10,12-15,28H2,1-2H3,(H,30,34)(H,31,37). The Morgan fingerprint density at radius 2 is 1.97 bits per heavy atom. The average Bonchev–Trinajstić information content (AvgIpc) is 2.91. The van der Waals surface area contributed by atoms with Crippen LogP contribution in [0, 0.1) is 0 Å². The van der Waals surface area contributed by atoms with Gasteiger partial charge in [0.2, 0.25) is 17.7 Å². The van der Waals surface area contributed by atoms with Gasteiger partial charge >= 0.3 is 0 Å². The summed E-state index contributed by atoms with van der Waals surface area (Å²) in [5.41, 5.74) is 6.55. The quantitative estimate of drug-likeness (QED) is 0.406. The Balaban J connectivity index is 1.68. The van der Waals surface area contributed by atoms with Crippen molar-refractivity contribution >= 4 is 52.0 Å². The number of pyridine rings is 1. The van der Waals surface area contributed by atoms with Gasteiger partial charge in [0.15, 0.2) is 0 Å². The van der Waals surface area contributed by atoms with E-state index in [2.05, 4.69) is 15.6 Å². The summed E-state index contributed by atoms with van der Waals surface area (Å²) in [6.45, 7) is -0.261. The van der Waals surface area contributed by atoms with Gasteiger partial charge in [-0.25, -0.2) is 8.78 Å². The Labute approximate surface area is 223 Å². The molecule has 1 aliphatic heterocycles. The third-order valence-electron chi connectivity index (χ3n) is 6.22. The maximum Gasteiger partial charge on any atom is 0.266 e. The highest BCUT2D eigenvalue weighted by Crippen LogP contribution is 2.32. The number of nitrogens with two attached hydrogens (primary N) is 1. The van der Waals surface area contributed by atoms with Gasteiger partial charge in [0.05, 0.1) is 24.2 Å². The zero-order valence-corrected chi connectivity index (χ0v) is 22.2. The highest BCUT2D eigenvalue weighted by Gasteiger charge is 2.41. The van der Waals surface area contributed by atoms with Crippen LogP contribution in [0.4, 0.5) is 14.5 Å². The predicted octanol–water partition coefficient (Wildman–Crippen LogP) is 1.38. The fourth-order valence-electron chi connectivity index (χ4n) is 4.14. The number of nitrogens with zero attached hydrogens (tertiary/aromatic N) is 3. The van der Waals surface area contributed by atoms with Crippen LogP contribution >= 0.6 is 11.8 Å². The van der Waals surface area contributed by atoms with Gasteiger partial charge in [-0.15, -0.1) is 0 Å². The Kier molecular flexibility index (Phi) is 9.97. The number of carbonyl (C=O) groups is 4. The van der Waals surface area contributed by atoms with Crippen molar-refractivity contribution in [3.63, 3.8) is 0 Å². The molecule has 0 spiro atoms. The minimum atomic E-state index is -2.97. The number of piperidine rings is 1. The summed E-state index contributed by atoms with van der Waals surface area (Å²) in [4.78, 5) is 56.7. The van der Waals surface area contributed by atoms with Gasteiger partial charge in [0.1, 0.15) is 0 Å². The fraction of sp³-hybridized carbons (Fsp3) is 0.480. The summed E-state index contributed by atoms with van der Waals surface area (Å²) < 4.78 is 28.1. The molecular weight excluding hydrogens is 518 g/mol. The van der Waals surface area contributed by atoms with Crippen LogP contribution in [0.5, 0.6) is 0 Å². The predicted molar refractivity (Wildman–Crippen MR) is 142 cm³/mol. The van der Waals surface area contributed by atoms with Crippen LogP contribution in [0.2, 0.25) is 0 Å². The Morgan fingerprint density at radius 3 is 2.68 bits per heavy atom. The lowest BCUT2D eigenvalue weighted by Crippen LogP contribution is -2.53. The zero-order valence-electron chi connectivity index (χ0n) is 21.3. The highest BCUT2D eigenvalue weighted by molar-refractivity contribution is 7.99. The molecule has 206 valence electrons. The molecule has 1 aromatic heterocycles. The summed E-state index contributed by atoms with van der Waals surface area (Å²) in [6.07, 6.45) is 2.89. The number of hydrogen-bond donors (Lipinski definition) is 3. The van der Waals surface area contributed by atoms with Gasteiger partial charge in [-0.1, -0.05) is 0 Å². The molecule has 0 bridgehead atoms. The largest absolute Gasteiger partial charge is 0.355 e. The molecule has 38 heavy (non-hydrogen) atoms. The molecule has 2 heterocycles. The molecule has 10 nitrogen and oxygen atoms in total. The molecule has 4 amide bonds. The van der Waals surface area contributed by atoms with Crippen LogP contribution in [-0.4, -0.2) is 90.7 Å². The lowest BCUT2D eigenvalue weighted by atomic mass is 10.1. The van der Waals surface area contributed by atoms with Crippen LogP contribution in [0.15, 0.2) is 30.5 Å². The molecule has 0 saturated carbocycles. The molecule has 0 aliphatic carbocycles. The number of anilines is 1. The van der Waals surface area contributed by atoms with E-state index in [4.69, 9.17) is 5.73 Å². The van der Waals surface area contributed by atoms with E-state index < -0.39 is 30.8 Å². The number of benzene rings is 1. The van der Waals surface area contributed by atoms with Gasteiger partial charge in [-0.2, -0.15) is 11.8 Å². The molecular formula is C25H32F2N6O4S. The van der Waals surface area contributed by atoms with E-state index in [-0.39, 0.29) is 48.4 Å². The number of amides is 4. The summed E-state index contributed by atoms with van der Waals surface area (Å²) >= 11 is 1.28. The number of rotatable bonds is 10. The lowest BCUT2D eigenvalue weighted by molar-refractivity contribution is -0.140. The van der Waals surface area contributed by atoms with Crippen LogP contribution in [0.3, 0.4) is 0 Å². The molecule has 1 aliphatic rings. The van der Waals surface area contributed by atoms with Crippen molar-refractivity contribution in [1.29, 1.82) is 0 Å². The number of thioether (sulfide) groups is 1. The van der Waals surface area contributed by atoms with E-state index in [0.29, 0.717) is 29.7 Å². The summed E-state index contributed by atoms with van der Waals surface area (Å²) in [5, 5.41) is 5.21. The van der Waals surface area contributed by atoms with Gasteiger partial charge < -0.3 is 26.2 Å². The monoisotopic (exact) mass is 550 g/mol. The molecule has 4 N–H and O–H groups in total. The highest BCUT2D eigenvalue weighted by atomic mass is 32.2. The summed E-state index contributed by atoms with van der Waals surface area (Å²) in [6, 6.07) is 6.43. The minimum absolute atomic E-state index is 0.0135. The van der Waals surface area contributed by atoms with Crippen molar-refractivity contribution in [3.05, 3.63) is 36.0 Å². The summed E-state index contributed by atoms with van der Waals surface area (Å²) in [5.74, 6) is -4.70. The lowest BCUT2D eigenvalue weighted by Gasteiger charge is -2.36. The SMILES string of the molecule is CSC1CN(C(=O)CNC(=O)c2ccnc3ccc(N(C)C(=O)CCC(=O)NCCN)cc23)CC(F)(F)C1. The minimum Gasteiger partial charge on any atom is -0.355 e. The third-order valence-corrected chi connectivity index (χ3v) is 7.20. The third kappa shape index (κ3) is 7.60. The second kappa shape index (κ2) is 13.0. The molecule has 0 radical (unpaired) electrons. The summed E-state index contributed by atoms with van der Waals surface area (Å²) in [7, 11) is 1.56. The van der Waals surface area contributed by atoms with Crippen molar-refractivity contribution in [3.8, 4) is 0 Å². The Bertz CT molecular complexity index is 1200. The first-order valence-electron chi connectivity index (χ1n) is 12.1. The van der Waals surface area contributed by atoms with Crippen molar-refractivity contribution in [2.75, 3.05) is 50.9 Å². The van der Waals surface area contributed by atoms with Crippen LogP contribution in [0.25, 0.3) is 10.9 Å². The second-order valence-electron chi connectivity index (χ2n) is 9.03. The molecule has 2 aromatic rings. The first-order chi connectivity index (χ1) is 18.0. The van der Waals surface area contributed by atoms with Crippen molar-refractivity contribution in [2.45, 2.75) is 30.4 Å². The number of fused-ring (bicyclic) bond motifs is 1. The normalized spacial score (nSPS) is 16.7. The first-order valence-corrected chi connectivity index (χ1v) is 13.4. The van der Waals surface area contributed by atoms with Gasteiger partial charge in [-0.3, -0.25) is 24.2 Å². The van der Waals surface area contributed by atoms with E-state index in [1.807, 2.05) is 0 Å². The van der Waals surface area contributed by atoms with Crippen molar-refractivity contribution in [1.82, 2.24) is 20.5 Å². The Hall–Kier alpha value is -3.32. The second-order valence-corrected chi connectivity index (χ2v) is 10.2. The number of likely N-dealkylation sites (tertiary alicyclic amines) is 1. The topological polar surface area (TPSA) is 138 Å². The number of carbonyl (C=O) groups excluding carboxylic acids is 4. The molecule has 1 saturated heterocycles. The maximum absolute atomic E-state index is 14.0. The number of aromatic nitrogens is 1. The number of nitrogens with one attached hydrogen (secondary N) is 2. The van der Waals surface area contributed by atoms with E-state index >= 15 is 0 Å². The molecule has 1 unspecified atom stereocenters. The molecule has 13 heteroatoms. The number of alkyl halides is 2. The molecule has 1 atom stereocenters. The number of halogens is 2. The van der Waals surface area contributed by atoms with Crippen LogP contribution in [0.1, 0.15) is 29.6 Å².